The summed E-state index contributed by atoms with van der Waals surface area (Å²) in [5.41, 5.74) is 1.82. The van der Waals surface area contributed by atoms with Crippen molar-refractivity contribution in [2.24, 2.45) is 0 Å². The molecule has 0 saturated carbocycles. The van der Waals surface area contributed by atoms with Crippen LogP contribution in [-0.2, 0) is 15.0 Å². The second-order valence-corrected chi connectivity index (χ2v) is 11.9. The largest absolute Gasteiger partial charge is 0.507 e. The number of thiophene rings is 1. The van der Waals surface area contributed by atoms with Crippen LogP contribution < -0.4 is 14.4 Å². The highest BCUT2D eigenvalue weighted by molar-refractivity contribution is 7.22. The van der Waals surface area contributed by atoms with Crippen molar-refractivity contribution in [1.29, 1.82) is 0 Å². The average Bonchev–Trinajstić information content (AvgIpc) is 3.61. The number of fused-ring (bicyclic) bond motifs is 1. The molecular formula is C29H28N2O5S2. The van der Waals surface area contributed by atoms with Crippen molar-refractivity contribution in [2.45, 2.75) is 39.2 Å². The van der Waals surface area contributed by atoms with Crippen LogP contribution in [0.5, 0.6) is 11.5 Å². The van der Waals surface area contributed by atoms with Gasteiger partial charge in [0.1, 0.15) is 23.3 Å². The SMILES string of the molecule is CCOc1ccc2nc(N3C(=O)C(=O)/C(=C(/O)c4cc(C(C)(C)C)ccc4OC)C3c3cccs3)sc2c1. The summed E-state index contributed by atoms with van der Waals surface area (Å²) in [4.78, 5) is 33.9. The number of amides is 1. The van der Waals surface area contributed by atoms with Crippen LogP contribution in [0, 0.1) is 0 Å². The number of aliphatic hydroxyl groups is 1. The van der Waals surface area contributed by atoms with E-state index in [0.29, 0.717) is 34.3 Å². The number of carbonyl (C=O) groups is 2. The molecule has 0 bridgehead atoms. The van der Waals surface area contributed by atoms with E-state index in [0.717, 1.165) is 15.1 Å². The van der Waals surface area contributed by atoms with Crippen molar-refractivity contribution >= 4 is 55.5 Å². The van der Waals surface area contributed by atoms with E-state index < -0.39 is 17.7 Å². The first kappa shape index (κ1) is 25.9. The maximum Gasteiger partial charge on any atom is 0.301 e. The Hall–Kier alpha value is -3.69. The quantitative estimate of drug-likeness (QED) is 0.164. The van der Waals surface area contributed by atoms with Gasteiger partial charge in [-0.15, -0.1) is 11.3 Å². The number of aliphatic hydroxyl groups excluding tert-OH is 1. The lowest BCUT2D eigenvalue weighted by atomic mass is 9.85. The number of Topliss-reactive ketones (excluding diaryl/α,β-unsaturated/α-hetero) is 1. The van der Waals surface area contributed by atoms with Crippen LogP contribution in [0.15, 0.2) is 59.5 Å². The number of benzene rings is 2. The van der Waals surface area contributed by atoms with Crippen molar-refractivity contribution in [3.05, 3.63) is 75.5 Å². The minimum Gasteiger partial charge on any atom is -0.507 e. The standard InChI is InChI=1S/C29H28N2O5S2/c1-6-36-17-10-11-19-22(15-17)38-28(30-19)31-24(21-8-7-13-37-21)23(26(33)27(31)34)25(32)18-14-16(29(2,3)4)9-12-20(18)35-5/h7-15,24,32H,6H2,1-5H3/b25-23+. The lowest BCUT2D eigenvalue weighted by Crippen LogP contribution is -2.28. The lowest BCUT2D eigenvalue weighted by molar-refractivity contribution is -0.132. The maximum atomic E-state index is 13.6. The minimum atomic E-state index is -0.829. The number of thiazole rings is 1. The Bertz CT molecular complexity index is 1560. The Morgan fingerprint density at radius 2 is 1.92 bits per heavy atom. The number of anilines is 1. The zero-order chi connectivity index (χ0) is 27.2. The molecule has 5 rings (SSSR count). The van der Waals surface area contributed by atoms with E-state index in [1.165, 1.54) is 34.7 Å². The second kappa shape index (κ2) is 9.89. The summed E-state index contributed by atoms with van der Waals surface area (Å²) < 4.78 is 12.0. The van der Waals surface area contributed by atoms with E-state index in [2.05, 4.69) is 25.8 Å². The smallest absolute Gasteiger partial charge is 0.301 e. The molecule has 7 nitrogen and oxygen atoms in total. The van der Waals surface area contributed by atoms with Gasteiger partial charge in [0.05, 0.1) is 35.1 Å². The summed E-state index contributed by atoms with van der Waals surface area (Å²) >= 11 is 2.71. The summed E-state index contributed by atoms with van der Waals surface area (Å²) in [5, 5.41) is 13.9. The molecule has 1 aliphatic heterocycles. The molecule has 1 unspecified atom stereocenters. The Morgan fingerprint density at radius 1 is 1.13 bits per heavy atom. The molecule has 9 heteroatoms. The minimum absolute atomic E-state index is 0.0103. The molecule has 1 aliphatic rings. The molecule has 1 amide bonds. The van der Waals surface area contributed by atoms with Crippen molar-refractivity contribution in [3.63, 3.8) is 0 Å². The number of carbonyl (C=O) groups excluding carboxylic acids is 2. The molecule has 0 spiro atoms. The maximum absolute atomic E-state index is 13.6. The zero-order valence-corrected chi connectivity index (χ0v) is 23.4. The normalized spacial score (nSPS) is 17.4. The van der Waals surface area contributed by atoms with Gasteiger partial charge in [-0.2, -0.15) is 0 Å². The number of aromatic nitrogens is 1. The lowest BCUT2D eigenvalue weighted by Gasteiger charge is -2.23. The molecular weight excluding hydrogens is 520 g/mol. The van der Waals surface area contributed by atoms with Crippen molar-refractivity contribution in [1.82, 2.24) is 4.98 Å². The van der Waals surface area contributed by atoms with Crippen LogP contribution in [0.25, 0.3) is 16.0 Å². The molecule has 0 aliphatic carbocycles. The fourth-order valence-electron chi connectivity index (χ4n) is 4.50. The van der Waals surface area contributed by atoms with Gasteiger partial charge >= 0.3 is 5.91 Å². The molecule has 0 radical (unpaired) electrons. The summed E-state index contributed by atoms with van der Waals surface area (Å²) in [6.45, 7) is 8.63. The van der Waals surface area contributed by atoms with E-state index in [-0.39, 0.29) is 16.7 Å². The van der Waals surface area contributed by atoms with Crippen LogP contribution in [0.4, 0.5) is 5.13 Å². The Balaban J connectivity index is 1.70. The van der Waals surface area contributed by atoms with Crippen molar-refractivity contribution < 1.29 is 24.2 Å². The summed E-state index contributed by atoms with van der Waals surface area (Å²) in [5.74, 6) is -0.654. The monoisotopic (exact) mass is 548 g/mol. The molecule has 1 atom stereocenters. The highest BCUT2D eigenvalue weighted by Crippen LogP contribution is 2.46. The van der Waals surface area contributed by atoms with E-state index in [9.17, 15) is 14.7 Å². The van der Waals surface area contributed by atoms with Gasteiger partial charge in [0.25, 0.3) is 5.78 Å². The van der Waals surface area contributed by atoms with Crippen LogP contribution in [-0.4, -0.2) is 35.5 Å². The van der Waals surface area contributed by atoms with E-state index in [1.54, 1.807) is 6.07 Å². The second-order valence-electron chi connectivity index (χ2n) is 9.91. The van der Waals surface area contributed by atoms with Gasteiger partial charge in [0.2, 0.25) is 0 Å². The zero-order valence-electron chi connectivity index (χ0n) is 21.8. The Kier molecular flexibility index (Phi) is 6.75. The van der Waals surface area contributed by atoms with E-state index in [4.69, 9.17) is 9.47 Å². The molecule has 4 aromatic rings. The van der Waals surface area contributed by atoms with Gasteiger partial charge in [0.15, 0.2) is 5.13 Å². The molecule has 3 heterocycles. The highest BCUT2D eigenvalue weighted by atomic mass is 32.1. The van der Waals surface area contributed by atoms with Gasteiger partial charge in [0, 0.05) is 4.88 Å². The Morgan fingerprint density at radius 3 is 2.58 bits per heavy atom. The van der Waals surface area contributed by atoms with Gasteiger partial charge in [-0.3, -0.25) is 14.5 Å². The number of ether oxygens (including phenoxy) is 2. The number of nitrogens with zero attached hydrogens (tertiary/aromatic N) is 2. The summed E-state index contributed by atoms with van der Waals surface area (Å²) in [6.07, 6.45) is 0. The Labute approximate surface area is 229 Å². The first-order chi connectivity index (χ1) is 18.1. The van der Waals surface area contributed by atoms with Crippen molar-refractivity contribution in [3.8, 4) is 11.5 Å². The van der Waals surface area contributed by atoms with Gasteiger partial charge in [-0.25, -0.2) is 4.98 Å². The first-order valence-corrected chi connectivity index (χ1v) is 13.9. The van der Waals surface area contributed by atoms with Crippen LogP contribution >= 0.6 is 22.7 Å². The molecule has 1 fully saturated rings. The van der Waals surface area contributed by atoms with Crippen molar-refractivity contribution in [2.75, 3.05) is 18.6 Å². The molecule has 196 valence electrons. The molecule has 2 aromatic heterocycles. The third-order valence-electron chi connectivity index (χ3n) is 6.44. The van der Waals surface area contributed by atoms with Gasteiger partial charge < -0.3 is 14.6 Å². The number of ketones is 1. The first-order valence-electron chi connectivity index (χ1n) is 12.2. The summed E-state index contributed by atoms with van der Waals surface area (Å²) in [6, 6.07) is 13.9. The van der Waals surface area contributed by atoms with E-state index in [1.807, 2.05) is 54.8 Å². The third-order valence-corrected chi connectivity index (χ3v) is 8.39. The predicted molar refractivity (Wildman–Crippen MR) is 152 cm³/mol. The van der Waals surface area contributed by atoms with E-state index >= 15 is 0 Å². The number of hydrogen-bond donors (Lipinski definition) is 1. The number of hydrogen-bond acceptors (Lipinski definition) is 8. The molecule has 38 heavy (non-hydrogen) atoms. The molecule has 1 N–H and O–H groups in total. The number of methoxy groups -OCH3 is 1. The van der Waals surface area contributed by atoms with Gasteiger partial charge in [-0.1, -0.05) is 44.2 Å². The molecule has 2 aromatic carbocycles. The van der Waals surface area contributed by atoms with Crippen LogP contribution in [0.2, 0.25) is 0 Å². The highest BCUT2D eigenvalue weighted by Gasteiger charge is 2.49. The number of rotatable bonds is 6. The third kappa shape index (κ3) is 4.46. The molecule has 1 saturated heterocycles. The topological polar surface area (TPSA) is 89.0 Å². The van der Waals surface area contributed by atoms with Gasteiger partial charge in [-0.05, 0) is 59.7 Å². The average molecular weight is 549 g/mol. The predicted octanol–water partition coefficient (Wildman–Crippen LogP) is 6.69. The fourth-order valence-corrected chi connectivity index (χ4v) is 6.35. The summed E-state index contributed by atoms with van der Waals surface area (Å²) in [7, 11) is 1.51. The van der Waals surface area contributed by atoms with Crippen LogP contribution in [0.1, 0.15) is 49.7 Å². The fraction of sp³-hybridized carbons (Fsp3) is 0.276. The van der Waals surface area contributed by atoms with Crippen LogP contribution in [0.3, 0.4) is 0 Å².